The maximum atomic E-state index is 12.3. The number of alkyl carbamates (subject to hydrolysis) is 1. The van der Waals surface area contributed by atoms with E-state index in [0.717, 1.165) is 71.0 Å². The Kier molecular flexibility index (Phi) is 9.28. The number of amides is 1. The summed E-state index contributed by atoms with van der Waals surface area (Å²) >= 11 is 6.69. The van der Waals surface area contributed by atoms with E-state index in [2.05, 4.69) is 58.3 Å². The van der Waals surface area contributed by atoms with Gasteiger partial charge in [0, 0.05) is 48.9 Å². The van der Waals surface area contributed by atoms with Gasteiger partial charge in [-0.15, -0.1) is 0 Å². The number of hydrogen-bond acceptors (Lipinski definition) is 8. The number of likely N-dealkylation sites (tertiary alicyclic amines) is 1. The van der Waals surface area contributed by atoms with Gasteiger partial charge in [0.1, 0.15) is 18.0 Å². The van der Waals surface area contributed by atoms with E-state index < -0.39 is 11.7 Å². The van der Waals surface area contributed by atoms with Crippen LogP contribution in [0, 0.1) is 0 Å². The molecule has 2 aliphatic heterocycles. The molecule has 10 heteroatoms. The van der Waals surface area contributed by atoms with Gasteiger partial charge in [-0.05, 0) is 78.1 Å². The van der Waals surface area contributed by atoms with Gasteiger partial charge in [0.2, 0.25) is 0 Å². The molecule has 0 unspecified atom stereocenters. The maximum Gasteiger partial charge on any atom is 0.407 e. The van der Waals surface area contributed by atoms with Gasteiger partial charge in [-0.25, -0.2) is 4.79 Å². The highest BCUT2D eigenvalue weighted by Gasteiger charge is 2.28. The van der Waals surface area contributed by atoms with Crippen molar-refractivity contribution >= 4 is 40.0 Å². The highest BCUT2D eigenvalue weighted by Crippen LogP contribution is 2.37. The summed E-state index contributed by atoms with van der Waals surface area (Å²) in [7, 11) is 2.14. The Morgan fingerprint density at radius 1 is 1.17 bits per heavy atom. The summed E-state index contributed by atoms with van der Waals surface area (Å²) in [5.74, 6) is 0.874. The molecule has 1 saturated heterocycles. The SMILES string of the molecule is CCN(CCNC(=O)OC(C)(C)C)c1nc(OC[C@@H]2CCCN2C)nc2c1CCN(c1cccc3cccc(Cl)c13)C2. The summed E-state index contributed by atoms with van der Waals surface area (Å²) in [5.41, 5.74) is 2.65. The predicted octanol–water partition coefficient (Wildman–Crippen LogP) is 5.67. The molecule has 1 atom stereocenters. The zero-order valence-corrected chi connectivity index (χ0v) is 26.2. The minimum Gasteiger partial charge on any atom is -0.462 e. The quantitative estimate of drug-likeness (QED) is 0.339. The van der Waals surface area contributed by atoms with E-state index in [9.17, 15) is 4.79 Å². The predicted molar refractivity (Wildman–Crippen MR) is 169 cm³/mol. The molecular weight excluding hydrogens is 552 g/mol. The average Bonchev–Trinajstić information content (AvgIpc) is 3.37. The number of nitrogens with zero attached hydrogens (tertiary/aromatic N) is 5. The van der Waals surface area contributed by atoms with Crippen LogP contribution in [-0.4, -0.2) is 79.0 Å². The zero-order valence-electron chi connectivity index (χ0n) is 25.5. The van der Waals surface area contributed by atoms with Crippen LogP contribution in [0.2, 0.25) is 5.02 Å². The Bertz CT molecular complexity index is 1410. The van der Waals surface area contributed by atoms with Crippen LogP contribution in [0.25, 0.3) is 10.8 Å². The number of benzene rings is 2. The second kappa shape index (κ2) is 12.9. The summed E-state index contributed by atoms with van der Waals surface area (Å²) in [5, 5.41) is 5.81. The van der Waals surface area contributed by atoms with Crippen molar-refractivity contribution < 1.29 is 14.3 Å². The van der Waals surface area contributed by atoms with Crippen molar-refractivity contribution in [3.63, 3.8) is 0 Å². The number of hydrogen-bond donors (Lipinski definition) is 1. The summed E-state index contributed by atoms with van der Waals surface area (Å²) in [6.07, 6.45) is 2.66. The highest BCUT2D eigenvalue weighted by molar-refractivity contribution is 6.36. The number of aromatic nitrogens is 2. The molecule has 3 aromatic rings. The van der Waals surface area contributed by atoms with Crippen molar-refractivity contribution in [1.82, 2.24) is 20.2 Å². The smallest absolute Gasteiger partial charge is 0.407 e. The van der Waals surface area contributed by atoms with Crippen LogP contribution >= 0.6 is 11.6 Å². The Labute approximate surface area is 254 Å². The van der Waals surface area contributed by atoms with Gasteiger partial charge in [0.25, 0.3) is 0 Å². The normalized spacial score (nSPS) is 17.3. The van der Waals surface area contributed by atoms with Crippen molar-refractivity contribution in [3.8, 4) is 6.01 Å². The van der Waals surface area contributed by atoms with Crippen LogP contribution < -0.4 is 19.9 Å². The Morgan fingerprint density at radius 2 is 1.95 bits per heavy atom. The van der Waals surface area contributed by atoms with Crippen LogP contribution in [0.5, 0.6) is 6.01 Å². The van der Waals surface area contributed by atoms with Gasteiger partial charge >= 0.3 is 12.1 Å². The molecule has 1 aromatic heterocycles. The molecule has 1 amide bonds. The fraction of sp³-hybridized carbons (Fsp3) is 0.531. The lowest BCUT2D eigenvalue weighted by Crippen LogP contribution is -2.39. The van der Waals surface area contributed by atoms with Crippen LogP contribution in [-0.2, 0) is 17.7 Å². The molecule has 1 fully saturated rings. The summed E-state index contributed by atoms with van der Waals surface area (Å²) < 4.78 is 11.7. The number of anilines is 2. The number of carbonyl (C=O) groups is 1. The molecular formula is C32H43ClN6O3. The zero-order chi connectivity index (χ0) is 29.9. The van der Waals surface area contributed by atoms with Gasteiger partial charge < -0.3 is 29.5 Å². The van der Waals surface area contributed by atoms with E-state index in [1.807, 2.05) is 32.9 Å². The third-order valence-electron chi connectivity index (χ3n) is 8.00. The van der Waals surface area contributed by atoms with E-state index in [0.29, 0.717) is 38.3 Å². The van der Waals surface area contributed by atoms with Crippen LogP contribution in [0.3, 0.4) is 0 Å². The largest absolute Gasteiger partial charge is 0.462 e. The Hall–Kier alpha value is -3.30. The minimum absolute atomic E-state index is 0.364. The number of halogens is 1. The van der Waals surface area contributed by atoms with E-state index in [-0.39, 0.29) is 0 Å². The standard InChI is InChI=1S/C32H43ClN6O3/c1-6-38(19-16-34-31(40)42-32(2,3)4)29-24-15-18-39(27-14-8-11-22-10-7-13-25(33)28(22)27)20-26(24)35-30(36-29)41-21-23-12-9-17-37(23)5/h7-8,10-11,13-14,23H,6,9,12,15-21H2,1-5H3,(H,34,40)/t23-/m0/s1. The van der Waals surface area contributed by atoms with Crippen LogP contribution in [0.1, 0.15) is 51.8 Å². The molecule has 1 N–H and O–H groups in total. The van der Waals surface area contributed by atoms with Gasteiger partial charge in [-0.1, -0.05) is 35.9 Å². The summed E-state index contributed by atoms with van der Waals surface area (Å²) in [4.78, 5) is 29.1. The number of carbonyl (C=O) groups excluding carboxylic acids is 1. The minimum atomic E-state index is -0.542. The maximum absolute atomic E-state index is 12.3. The molecule has 0 spiro atoms. The van der Waals surface area contributed by atoms with Crippen molar-refractivity contribution in [2.24, 2.45) is 0 Å². The monoisotopic (exact) mass is 594 g/mol. The van der Waals surface area contributed by atoms with E-state index in [1.165, 1.54) is 6.42 Å². The molecule has 5 rings (SSSR count). The molecule has 0 radical (unpaired) electrons. The van der Waals surface area contributed by atoms with Crippen molar-refractivity contribution in [2.75, 3.05) is 56.2 Å². The molecule has 226 valence electrons. The van der Waals surface area contributed by atoms with Crippen LogP contribution in [0.15, 0.2) is 36.4 Å². The average molecular weight is 595 g/mol. The lowest BCUT2D eigenvalue weighted by Gasteiger charge is -2.34. The van der Waals surface area contributed by atoms with Gasteiger partial charge in [-0.2, -0.15) is 9.97 Å². The van der Waals surface area contributed by atoms with E-state index >= 15 is 0 Å². The number of fused-ring (bicyclic) bond motifs is 2. The Balaban J connectivity index is 1.41. The fourth-order valence-electron chi connectivity index (χ4n) is 5.84. The molecule has 9 nitrogen and oxygen atoms in total. The molecule has 3 heterocycles. The topological polar surface area (TPSA) is 83.1 Å². The number of likely N-dealkylation sites (N-methyl/N-ethyl adjacent to an activating group) is 2. The third kappa shape index (κ3) is 7.01. The summed E-state index contributed by atoms with van der Waals surface area (Å²) in [6, 6.07) is 13.1. The lowest BCUT2D eigenvalue weighted by molar-refractivity contribution is 0.0529. The Morgan fingerprint density at radius 3 is 2.67 bits per heavy atom. The third-order valence-corrected chi connectivity index (χ3v) is 8.32. The number of nitrogens with one attached hydrogen (secondary N) is 1. The first-order valence-electron chi connectivity index (χ1n) is 15.0. The number of ether oxygens (including phenoxy) is 2. The summed E-state index contributed by atoms with van der Waals surface area (Å²) in [6.45, 7) is 12.5. The first-order valence-corrected chi connectivity index (χ1v) is 15.4. The van der Waals surface area contributed by atoms with Gasteiger partial charge in [0.05, 0.1) is 17.3 Å². The second-order valence-electron chi connectivity index (χ2n) is 12.1. The molecule has 0 saturated carbocycles. The van der Waals surface area contributed by atoms with Crippen molar-refractivity contribution in [3.05, 3.63) is 52.7 Å². The first-order chi connectivity index (χ1) is 20.1. The molecule has 0 aliphatic carbocycles. The van der Waals surface area contributed by atoms with Gasteiger partial charge in [0.15, 0.2) is 0 Å². The molecule has 42 heavy (non-hydrogen) atoms. The van der Waals surface area contributed by atoms with Crippen LogP contribution in [0.4, 0.5) is 16.3 Å². The van der Waals surface area contributed by atoms with Gasteiger partial charge in [-0.3, -0.25) is 0 Å². The van der Waals surface area contributed by atoms with E-state index in [1.54, 1.807) is 0 Å². The second-order valence-corrected chi connectivity index (χ2v) is 12.5. The van der Waals surface area contributed by atoms with E-state index in [4.69, 9.17) is 31.0 Å². The fourth-order valence-corrected chi connectivity index (χ4v) is 6.12. The van der Waals surface area contributed by atoms with Crippen molar-refractivity contribution in [2.45, 2.75) is 65.1 Å². The number of rotatable bonds is 9. The lowest BCUT2D eigenvalue weighted by atomic mass is 10.0. The highest BCUT2D eigenvalue weighted by atomic mass is 35.5. The molecule has 2 aromatic carbocycles. The first kappa shape index (κ1) is 30.2. The van der Waals surface area contributed by atoms with Crippen molar-refractivity contribution in [1.29, 1.82) is 0 Å². The molecule has 2 aliphatic rings. The molecule has 0 bridgehead atoms.